The van der Waals surface area contributed by atoms with Crippen molar-refractivity contribution in [3.05, 3.63) is 38.9 Å². The van der Waals surface area contributed by atoms with Crippen molar-refractivity contribution in [2.75, 3.05) is 0 Å². The lowest BCUT2D eigenvalue weighted by atomic mass is 10.2. The largest absolute Gasteiger partial charge is 0.274 e. The van der Waals surface area contributed by atoms with Crippen molar-refractivity contribution in [1.29, 1.82) is 0 Å². The molecule has 0 radical (unpaired) electrons. The molecule has 0 aliphatic heterocycles. The van der Waals surface area contributed by atoms with Gasteiger partial charge < -0.3 is 0 Å². The Hall–Kier alpha value is -0.740. The Morgan fingerprint density at radius 3 is 2.67 bits per heavy atom. The summed E-state index contributed by atoms with van der Waals surface area (Å²) in [5.41, 5.74) is 0.491. The quantitative estimate of drug-likeness (QED) is 0.456. The third-order valence-corrected chi connectivity index (χ3v) is 2.12. The molecule has 64 valence electrons. The van der Waals surface area contributed by atoms with Crippen LogP contribution in [0.4, 0.5) is 5.69 Å². The fourth-order valence-electron chi connectivity index (χ4n) is 0.875. The van der Waals surface area contributed by atoms with E-state index in [2.05, 4.69) is 12.6 Å². The lowest BCUT2D eigenvalue weighted by molar-refractivity contribution is -0.385. The number of hydrogen-bond donors (Lipinski definition) is 1. The van der Waals surface area contributed by atoms with E-state index in [0.717, 1.165) is 0 Å². The van der Waals surface area contributed by atoms with Gasteiger partial charge in [0, 0.05) is 11.8 Å². The van der Waals surface area contributed by atoms with Gasteiger partial charge in [-0.1, -0.05) is 17.7 Å². The van der Waals surface area contributed by atoms with Gasteiger partial charge in [-0.25, -0.2) is 0 Å². The van der Waals surface area contributed by atoms with Crippen LogP contribution in [-0.2, 0) is 5.75 Å². The Bertz CT molecular complexity index is 316. The first-order chi connectivity index (χ1) is 5.66. The second-order valence-electron chi connectivity index (χ2n) is 2.15. The minimum atomic E-state index is -0.461. The van der Waals surface area contributed by atoms with E-state index in [1.54, 1.807) is 12.1 Å². The summed E-state index contributed by atoms with van der Waals surface area (Å²) >= 11 is 9.68. The standard InChI is InChI=1S/C7H6ClNO2S/c8-6-2-1-3-7(9(10)11)5(6)4-12/h1-3,12H,4H2. The van der Waals surface area contributed by atoms with Crippen molar-refractivity contribution in [2.45, 2.75) is 5.75 Å². The van der Waals surface area contributed by atoms with E-state index in [-0.39, 0.29) is 11.4 Å². The molecule has 1 aromatic rings. The summed E-state index contributed by atoms with van der Waals surface area (Å²) in [5.74, 6) is 0.274. The highest BCUT2D eigenvalue weighted by atomic mass is 35.5. The highest BCUT2D eigenvalue weighted by Crippen LogP contribution is 2.27. The molecule has 0 atom stereocenters. The van der Waals surface area contributed by atoms with Crippen molar-refractivity contribution in [3.8, 4) is 0 Å². The maximum absolute atomic E-state index is 10.4. The number of nitro benzene ring substituents is 1. The Kier molecular flexibility index (Phi) is 2.94. The van der Waals surface area contributed by atoms with Gasteiger partial charge in [0.1, 0.15) is 0 Å². The molecule has 0 unspecified atom stereocenters. The Morgan fingerprint density at radius 1 is 1.58 bits per heavy atom. The van der Waals surface area contributed by atoms with Crippen LogP contribution < -0.4 is 0 Å². The van der Waals surface area contributed by atoms with Crippen LogP contribution in [0.25, 0.3) is 0 Å². The van der Waals surface area contributed by atoms with E-state index >= 15 is 0 Å². The van der Waals surface area contributed by atoms with Gasteiger partial charge in [0.25, 0.3) is 5.69 Å². The van der Waals surface area contributed by atoms with Crippen molar-refractivity contribution in [1.82, 2.24) is 0 Å². The van der Waals surface area contributed by atoms with Gasteiger partial charge in [0.05, 0.1) is 15.5 Å². The maximum atomic E-state index is 10.4. The third-order valence-electron chi connectivity index (χ3n) is 1.45. The second kappa shape index (κ2) is 3.78. The number of thiol groups is 1. The molecular formula is C7H6ClNO2S. The Balaban J connectivity index is 3.27. The number of nitrogens with zero attached hydrogens (tertiary/aromatic N) is 1. The van der Waals surface area contributed by atoms with Crippen LogP contribution in [0.2, 0.25) is 5.02 Å². The van der Waals surface area contributed by atoms with Crippen LogP contribution in [0.1, 0.15) is 5.56 Å². The van der Waals surface area contributed by atoms with Gasteiger partial charge in [0.15, 0.2) is 0 Å². The molecule has 0 fully saturated rings. The zero-order valence-corrected chi connectivity index (χ0v) is 7.68. The van der Waals surface area contributed by atoms with Gasteiger partial charge in [-0.2, -0.15) is 12.6 Å². The molecule has 0 bridgehead atoms. The first-order valence-corrected chi connectivity index (χ1v) is 4.20. The minimum absolute atomic E-state index is 0.0255. The van der Waals surface area contributed by atoms with E-state index in [1.807, 2.05) is 0 Å². The molecule has 0 spiro atoms. The van der Waals surface area contributed by atoms with E-state index in [1.165, 1.54) is 6.07 Å². The van der Waals surface area contributed by atoms with E-state index in [4.69, 9.17) is 11.6 Å². The SMILES string of the molecule is O=[N+]([O-])c1cccc(Cl)c1CS. The first-order valence-electron chi connectivity index (χ1n) is 3.19. The fraction of sp³-hybridized carbons (Fsp3) is 0.143. The van der Waals surface area contributed by atoms with Gasteiger partial charge >= 0.3 is 0 Å². The molecule has 0 heterocycles. The molecule has 3 nitrogen and oxygen atoms in total. The molecule has 1 rings (SSSR count). The number of rotatable bonds is 2. The maximum Gasteiger partial charge on any atom is 0.274 e. The molecular weight excluding hydrogens is 198 g/mol. The summed E-state index contributed by atoms with van der Waals surface area (Å²) in [6.45, 7) is 0. The zero-order valence-electron chi connectivity index (χ0n) is 6.03. The number of benzene rings is 1. The monoisotopic (exact) mass is 203 g/mol. The summed E-state index contributed by atoms with van der Waals surface area (Å²) in [5, 5.41) is 10.8. The minimum Gasteiger partial charge on any atom is -0.258 e. The van der Waals surface area contributed by atoms with Crippen LogP contribution >= 0.6 is 24.2 Å². The van der Waals surface area contributed by atoms with Gasteiger partial charge in [-0.05, 0) is 6.07 Å². The highest BCUT2D eigenvalue weighted by Gasteiger charge is 2.14. The Morgan fingerprint density at radius 2 is 2.25 bits per heavy atom. The predicted molar refractivity (Wildman–Crippen MR) is 50.8 cm³/mol. The van der Waals surface area contributed by atoms with Crippen LogP contribution in [0.5, 0.6) is 0 Å². The molecule has 12 heavy (non-hydrogen) atoms. The number of halogens is 1. The average molecular weight is 204 g/mol. The molecule has 0 N–H and O–H groups in total. The molecule has 1 aromatic carbocycles. The van der Waals surface area contributed by atoms with Crippen molar-refractivity contribution in [3.63, 3.8) is 0 Å². The van der Waals surface area contributed by atoms with Gasteiger partial charge in [-0.3, -0.25) is 10.1 Å². The summed E-state index contributed by atoms with van der Waals surface area (Å²) in [7, 11) is 0. The normalized spacial score (nSPS) is 9.83. The summed E-state index contributed by atoms with van der Waals surface area (Å²) in [6.07, 6.45) is 0. The van der Waals surface area contributed by atoms with E-state index in [0.29, 0.717) is 10.6 Å². The summed E-state index contributed by atoms with van der Waals surface area (Å²) < 4.78 is 0. The van der Waals surface area contributed by atoms with Crippen LogP contribution in [0.3, 0.4) is 0 Å². The molecule has 0 aliphatic rings. The van der Waals surface area contributed by atoms with Crippen LogP contribution in [-0.4, -0.2) is 4.92 Å². The second-order valence-corrected chi connectivity index (χ2v) is 2.88. The molecule has 0 amide bonds. The third kappa shape index (κ3) is 1.70. The summed E-state index contributed by atoms with van der Waals surface area (Å²) in [6, 6.07) is 4.57. The topological polar surface area (TPSA) is 43.1 Å². The van der Waals surface area contributed by atoms with Crippen molar-refractivity contribution in [2.24, 2.45) is 0 Å². The summed E-state index contributed by atoms with van der Waals surface area (Å²) in [4.78, 5) is 9.98. The van der Waals surface area contributed by atoms with Crippen molar-refractivity contribution >= 4 is 29.9 Å². The number of nitro groups is 1. The fourth-order valence-corrected chi connectivity index (χ4v) is 1.54. The molecule has 0 aliphatic carbocycles. The van der Waals surface area contributed by atoms with Crippen LogP contribution in [0.15, 0.2) is 18.2 Å². The van der Waals surface area contributed by atoms with Gasteiger partial charge in [0.2, 0.25) is 0 Å². The highest BCUT2D eigenvalue weighted by molar-refractivity contribution is 7.79. The zero-order chi connectivity index (χ0) is 9.14. The lowest BCUT2D eigenvalue weighted by Crippen LogP contribution is -1.93. The van der Waals surface area contributed by atoms with E-state index in [9.17, 15) is 10.1 Å². The van der Waals surface area contributed by atoms with Gasteiger partial charge in [-0.15, -0.1) is 0 Å². The molecule has 0 saturated carbocycles. The smallest absolute Gasteiger partial charge is 0.258 e. The first kappa shape index (κ1) is 9.35. The van der Waals surface area contributed by atoms with E-state index < -0.39 is 4.92 Å². The van der Waals surface area contributed by atoms with Crippen LogP contribution in [0, 0.1) is 10.1 Å². The average Bonchev–Trinajstić information content (AvgIpc) is 2.03. The van der Waals surface area contributed by atoms with Crippen molar-refractivity contribution < 1.29 is 4.92 Å². The molecule has 0 saturated heterocycles. The molecule has 5 heteroatoms. The number of hydrogen-bond acceptors (Lipinski definition) is 3. The predicted octanol–water partition coefficient (Wildman–Crippen LogP) is 2.68. The lowest BCUT2D eigenvalue weighted by Gasteiger charge is -2.00. The molecule has 0 aromatic heterocycles. The Labute approximate surface area is 79.9 Å².